The number of carbonyl (C=O) groups is 1. The molecule has 1 N–H and O–H groups in total. The molecule has 3 aromatic rings. The van der Waals surface area contributed by atoms with Crippen molar-refractivity contribution in [1.29, 1.82) is 0 Å². The summed E-state index contributed by atoms with van der Waals surface area (Å²) in [6, 6.07) is 15.5. The van der Waals surface area contributed by atoms with Crippen molar-refractivity contribution in [2.45, 2.75) is 24.7 Å². The van der Waals surface area contributed by atoms with Gasteiger partial charge >= 0.3 is 0 Å². The number of benzene rings is 2. The Morgan fingerprint density at radius 3 is 2.53 bits per heavy atom. The van der Waals surface area contributed by atoms with E-state index in [-0.39, 0.29) is 10.6 Å². The Morgan fingerprint density at radius 1 is 1.10 bits per heavy atom. The van der Waals surface area contributed by atoms with Crippen LogP contribution in [0.25, 0.3) is 5.69 Å². The number of anilines is 1. The third-order valence-electron chi connectivity index (χ3n) is 5.08. The highest BCUT2D eigenvalue weighted by Crippen LogP contribution is 2.24. The number of piperidine rings is 1. The number of hydrogen-bond donors (Lipinski definition) is 1. The predicted molar refractivity (Wildman–Crippen MR) is 113 cm³/mol. The third kappa shape index (κ3) is 4.27. The zero-order valence-electron chi connectivity index (χ0n) is 16.6. The van der Waals surface area contributed by atoms with Crippen molar-refractivity contribution in [3.8, 4) is 5.69 Å². The molecule has 2 aromatic carbocycles. The summed E-state index contributed by atoms with van der Waals surface area (Å²) in [5.41, 5.74) is 1.40. The van der Waals surface area contributed by atoms with Gasteiger partial charge in [-0.2, -0.15) is 14.2 Å². The lowest BCUT2D eigenvalue weighted by Gasteiger charge is -2.30. The van der Waals surface area contributed by atoms with Crippen molar-refractivity contribution in [1.82, 2.24) is 19.3 Å². The Balaban J connectivity index is 1.45. The largest absolute Gasteiger partial charge is 0.321 e. The second-order valence-corrected chi connectivity index (χ2v) is 9.38. The number of carbonyl (C=O) groups excluding carboxylic acids is 1. The first-order valence-corrected chi connectivity index (χ1v) is 11.3. The second-order valence-electron chi connectivity index (χ2n) is 7.44. The van der Waals surface area contributed by atoms with Crippen molar-refractivity contribution in [3.05, 3.63) is 66.5 Å². The van der Waals surface area contributed by atoms with Gasteiger partial charge in [-0.15, -0.1) is 5.10 Å². The molecule has 0 spiro atoms. The van der Waals surface area contributed by atoms with Gasteiger partial charge in [0.2, 0.25) is 10.0 Å². The van der Waals surface area contributed by atoms with E-state index in [9.17, 15) is 13.2 Å². The third-order valence-corrected chi connectivity index (χ3v) is 6.96. The second kappa shape index (κ2) is 8.37. The summed E-state index contributed by atoms with van der Waals surface area (Å²) in [4.78, 5) is 14.1. The number of hydrogen-bond acceptors (Lipinski definition) is 5. The maximum Gasteiger partial charge on any atom is 0.277 e. The molecular weight excluding hydrogens is 402 g/mol. The SMILES string of the molecule is CC1CCCN(S(=O)(=O)c2ccc(NC(=O)c3cnn(-c4ccccc4)n3)cc2)C1. The van der Waals surface area contributed by atoms with E-state index in [0.29, 0.717) is 24.7 Å². The summed E-state index contributed by atoms with van der Waals surface area (Å²) in [5.74, 6) is -0.0611. The minimum Gasteiger partial charge on any atom is -0.321 e. The van der Waals surface area contributed by atoms with Crippen LogP contribution in [0.15, 0.2) is 65.7 Å². The Labute approximate surface area is 175 Å². The number of sulfonamides is 1. The molecular formula is C21H23N5O3S. The van der Waals surface area contributed by atoms with Crippen LogP contribution in [0.3, 0.4) is 0 Å². The number of aromatic nitrogens is 3. The molecule has 1 saturated heterocycles. The van der Waals surface area contributed by atoms with Crippen LogP contribution in [0.4, 0.5) is 5.69 Å². The van der Waals surface area contributed by atoms with Gasteiger partial charge in [0.15, 0.2) is 5.69 Å². The highest BCUT2D eigenvalue weighted by Gasteiger charge is 2.28. The Hall–Kier alpha value is -3.04. The van der Waals surface area contributed by atoms with Gasteiger partial charge in [-0.1, -0.05) is 25.1 Å². The van der Waals surface area contributed by atoms with Crippen molar-refractivity contribution < 1.29 is 13.2 Å². The molecule has 4 rings (SSSR count). The first-order chi connectivity index (χ1) is 14.4. The van der Waals surface area contributed by atoms with E-state index in [1.807, 2.05) is 30.3 Å². The standard InChI is InChI=1S/C21H23N5O3S/c1-16-6-5-13-25(15-16)30(28,29)19-11-9-17(10-12-19)23-21(27)20-14-22-26(24-20)18-7-3-2-4-8-18/h2-4,7-12,14,16H,5-6,13,15H2,1H3,(H,23,27). The molecule has 2 heterocycles. The average Bonchev–Trinajstić information content (AvgIpc) is 3.25. The monoisotopic (exact) mass is 425 g/mol. The molecule has 156 valence electrons. The van der Waals surface area contributed by atoms with Crippen LogP contribution < -0.4 is 5.32 Å². The topological polar surface area (TPSA) is 97.2 Å². The van der Waals surface area contributed by atoms with E-state index in [1.165, 1.54) is 27.4 Å². The van der Waals surface area contributed by atoms with Crippen LogP contribution >= 0.6 is 0 Å². The summed E-state index contributed by atoms with van der Waals surface area (Å²) in [5, 5.41) is 11.0. The van der Waals surface area contributed by atoms with Crippen LogP contribution in [-0.4, -0.2) is 46.7 Å². The molecule has 1 fully saturated rings. The smallest absolute Gasteiger partial charge is 0.277 e. The lowest BCUT2D eigenvalue weighted by Crippen LogP contribution is -2.39. The number of nitrogens with zero attached hydrogens (tertiary/aromatic N) is 4. The van der Waals surface area contributed by atoms with Crippen LogP contribution in [0.1, 0.15) is 30.3 Å². The maximum atomic E-state index is 12.8. The van der Waals surface area contributed by atoms with E-state index in [1.54, 1.807) is 12.1 Å². The zero-order valence-corrected chi connectivity index (χ0v) is 17.4. The molecule has 0 saturated carbocycles. The fraction of sp³-hybridized carbons (Fsp3) is 0.286. The van der Waals surface area contributed by atoms with Gasteiger partial charge in [-0.05, 0) is 55.2 Å². The Bertz CT molecular complexity index is 1130. The van der Waals surface area contributed by atoms with Crippen molar-refractivity contribution in [3.63, 3.8) is 0 Å². The average molecular weight is 426 g/mol. The molecule has 30 heavy (non-hydrogen) atoms. The molecule has 1 aliphatic rings. The van der Waals surface area contributed by atoms with E-state index in [0.717, 1.165) is 18.5 Å². The molecule has 1 aliphatic heterocycles. The van der Waals surface area contributed by atoms with Crippen molar-refractivity contribution in [2.75, 3.05) is 18.4 Å². The van der Waals surface area contributed by atoms with Gasteiger partial charge in [0.25, 0.3) is 5.91 Å². The molecule has 9 heteroatoms. The van der Waals surface area contributed by atoms with Gasteiger partial charge in [0.05, 0.1) is 16.8 Å². The maximum absolute atomic E-state index is 12.8. The highest BCUT2D eigenvalue weighted by molar-refractivity contribution is 7.89. The quantitative estimate of drug-likeness (QED) is 0.678. The number of nitrogens with one attached hydrogen (secondary N) is 1. The van der Waals surface area contributed by atoms with Crippen molar-refractivity contribution >= 4 is 21.6 Å². The first-order valence-electron chi connectivity index (χ1n) is 9.83. The van der Waals surface area contributed by atoms with Gasteiger partial charge in [0, 0.05) is 18.8 Å². The van der Waals surface area contributed by atoms with E-state index in [2.05, 4.69) is 22.4 Å². The van der Waals surface area contributed by atoms with Gasteiger partial charge in [-0.3, -0.25) is 4.79 Å². The molecule has 1 aromatic heterocycles. The molecule has 1 unspecified atom stereocenters. The lowest BCUT2D eigenvalue weighted by molar-refractivity contribution is 0.102. The summed E-state index contributed by atoms with van der Waals surface area (Å²) in [7, 11) is -3.52. The van der Waals surface area contributed by atoms with Crippen LogP contribution in [0, 0.1) is 5.92 Å². The minimum absolute atomic E-state index is 0.165. The van der Waals surface area contributed by atoms with Crippen LogP contribution in [0.5, 0.6) is 0 Å². The summed E-state index contributed by atoms with van der Waals surface area (Å²) < 4.78 is 27.2. The van der Waals surface area contributed by atoms with Crippen LogP contribution in [0.2, 0.25) is 0 Å². The van der Waals surface area contributed by atoms with E-state index >= 15 is 0 Å². The van der Waals surface area contributed by atoms with Crippen LogP contribution in [-0.2, 0) is 10.0 Å². The lowest BCUT2D eigenvalue weighted by atomic mass is 10.0. The summed E-state index contributed by atoms with van der Waals surface area (Å²) >= 11 is 0. The number of rotatable bonds is 5. The molecule has 1 atom stereocenters. The minimum atomic E-state index is -3.52. The molecule has 0 radical (unpaired) electrons. The molecule has 0 bridgehead atoms. The summed E-state index contributed by atoms with van der Waals surface area (Å²) in [6.07, 6.45) is 3.31. The van der Waals surface area contributed by atoms with E-state index in [4.69, 9.17) is 0 Å². The number of para-hydroxylation sites is 1. The fourth-order valence-electron chi connectivity index (χ4n) is 3.47. The fourth-order valence-corrected chi connectivity index (χ4v) is 5.07. The zero-order chi connectivity index (χ0) is 21.1. The normalized spacial score (nSPS) is 17.6. The molecule has 1 amide bonds. The summed E-state index contributed by atoms with van der Waals surface area (Å²) in [6.45, 7) is 3.15. The predicted octanol–water partition coefficient (Wildman–Crippen LogP) is 2.94. The molecule has 0 aliphatic carbocycles. The highest BCUT2D eigenvalue weighted by atomic mass is 32.2. The van der Waals surface area contributed by atoms with Crippen molar-refractivity contribution in [2.24, 2.45) is 5.92 Å². The van der Waals surface area contributed by atoms with Gasteiger partial charge in [-0.25, -0.2) is 8.42 Å². The number of amides is 1. The van der Waals surface area contributed by atoms with Gasteiger partial charge < -0.3 is 5.32 Å². The Kier molecular flexibility index (Phi) is 5.65. The van der Waals surface area contributed by atoms with E-state index < -0.39 is 15.9 Å². The van der Waals surface area contributed by atoms with Gasteiger partial charge in [0.1, 0.15) is 0 Å². The molecule has 8 nitrogen and oxygen atoms in total. The first kappa shape index (κ1) is 20.2. The Morgan fingerprint density at radius 2 is 1.83 bits per heavy atom.